The van der Waals surface area contributed by atoms with Crippen molar-refractivity contribution >= 4 is 0 Å². The Morgan fingerprint density at radius 3 is 2.89 bits per heavy atom. The highest BCUT2D eigenvalue weighted by molar-refractivity contribution is 5.17. The van der Waals surface area contributed by atoms with Crippen LogP contribution in [0.2, 0.25) is 0 Å². The van der Waals surface area contributed by atoms with Gasteiger partial charge < -0.3 is 4.57 Å². The second-order valence-electron chi connectivity index (χ2n) is 5.19. The fourth-order valence-corrected chi connectivity index (χ4v) is 2.64. The molecule has 0 bridgehead atoms. The quantitative estimate of drug-likeness (QED) is 0.830. The molecule has 5 nitrogen and oxygen atoms in total. The Hall–Kier alpha value is -1.65. The monoisotopic (exact) mass is 245 g/mol. The van der Waals surface area contributed by atoms with Crippen LogP contribution in [0.3, 0.4) is 0 Å². The first-order chi connectivity index (χ1) is 8.75. The van der Waals surface area contributed by atoms with E-state index in [9.17, 15) is 0 Å². The van der Waals surface area contributed by atoms with Crippen LogP contribution in [0.15, 0.2) is 12.7 Å². The minimum atomic E-state index is 0.349. The highest BCUT2D eigenvalue weighted by Gasteiger charge is 2.17. The molecule has 0 aromatic carbocycles. The van der Waals surface area contributed by atoms with Gasteiger partial charge in [-0.2, -0.15) is 5.10 Å². The molecule has 0 N–H and O–H groups in total. The summed E-state index contributed by atoms with van der Waals surface area (Å²) >= 11 is 0. The molecular weight excluding hydrogens is 226 g/mol. The van der Waals surface area contributed by atoms with E-state index in [0.29, 0.717) is 6.04 Å². The Morgan fingerprint density at radius 2 is 2.06 bits per heavy atom. The lowest BCUT2D eigenvalue weighted by atomic mass is 10.0. The maximum Gasteiger partial charge on any atom is 0.147 e. The van der Waals surface area contributed by atoms with Crippen LogP contribution >= 0.6 is 0 Å². The average molecular weight is 245 g/mol. The molecule has 3 rings (SSSR count). The largest absolute Gasteiger partial charge is 0.327 e. The zero-order valence-corrected chi connectivity index (χ0v) is 11.0. The van der Waals surface area contributed by atoms with Crippen molar-refractivity contribution in [3.63, 3.8) is 0 Å². The van der Waals surface area contributed by atoms with Crippen LogP contribution in [0, 0.1) is 0 Å². The van der Waals surface area contributed by atoms with Crippen molar-refractivity contribution in [3.05, 3.63) is 29.9 Å². The lowest BCUT2D eigenvalue weighted by molar-refractivity contribution is 0.492. The maximum absolute atomic E-state index is 4.52. The molecule has 2 aromatic heterocycles. The van der Waals surface area contributed by atoms with E-state index in [1.807, 2.05) is 11.0 Å². The van der Waals surface area contributed by atoms with E-state index in [1.54, 1.807) is 6.33 Å². The summed E-state index contributed by atoms with van der Waals surface area (Å²) in [6, 6.07) is 0.349. The molecule has 0 spiro atoms. The second-order valence-corrected chi connectivity index (χ2v) is 5.19. The third kappa shape index (κ3) is 1.94. The highest BCUT2D eigenvalue weighted by atomic mass is 15.4. The van der Waals surface area contributed by atoms with Crippen LogP contribution < -0.4 is 0 Å². The third-order valence-corrected chi connectivity index (χ3v) is 3.56. The predicted octanol–water partition coefficient (Wildman–Crippen LogP) is 1.98. The Balaban J connectivity index is 1.88. The molecule has 2 aromatic rings. The van der Waals surface area contributed by atoms with Crippen LogP contribution in [-0.2, 0) is 19.4 Å². The molecule has 1 aliphatic carbocycles. The Bertz CT molecular complexity index is 537. The van der Waals surface area contributed by atoms with Gasteiger partial charge in [0, 0.05) is 11.7 Å². The molecule has 0 saturated heterocycles. The van der Waals surface area contributed by atoms with E-state index in [2.05, 4.69) is 33.5 Å². The van der Waals surface area contributed by atoms with Gasteiger partial charge >= 0.3 is 0 Å². The van der Waals surface area contributed by atoms with Crippen molar-refractivity contribution in [2.45, 2.75) is 52.1 Å². The zero-order chi connectivity index (χ0) is 12.5. The SMILES string of the molecule is CC(C)n1ncnc1Cn1cnc2c1CCCC2. The maximum atomic E-state index is 4.52. The van der Waals surface area contributed by atoms with Crippen LogP contribution in [0.25, 0.3) is 0 Å². The van der Waals surface area contributed by atoms with E-state index in [0.717, 1.165) is 25.2 Å². The number of nitrogens with zero attached hydrogens (tertiary/aromatic N) is 5. The predicted molar refractivity (Wildman–Crippen MR) is 68.4 cm³/mol. The summed E-state index contributed by atoms with van der Waals surface area (Å²) in [5.41, 5.74) is 2.66. The van der Waals surface area contributed by atoms with E-state index in [1.165, 1.54) is 24.2 Å². The summed E-state index contributed by atoms with van der Waals surface area (Å²) in [7, 11) is 0. The molecule has 96 valence electrons. The van der Waals surface area contributed by atoms with Crippen molar-refractivity contribution in [1.82, 2.24) is 24.3 Å². The van der Waals surface area contributed by atoms with E-state index >= 15 is 0 Å². The van der Waals surface area contributed by atoms with E-state index in [4.69, 9.17) is 0 Å². The topological polar surface area (TPSA) is 48.5 Å². The molecule has 18 heavy (non-hydrogen) atoms. The summed E-state index contributed by atoms with van der Waals surface area (Å²) < 4.78 is 4.21. The first-order valence-corrected chi connectivity index (χ1v) is 6.67. The standard InChI is InChI=1S/C13H19N5/c1-10(2)18-13(14-8-16-18)7-17-9-15-11-5-3-4-6-12(11)17/h8-10H,3-7H2,1-2H3. The van der Waals surface area contributed by atoms with Crippen LogP contribution in [-0.4, -0.2) is 24.3 Å². The highest BCUT2D eigenvalue weighted by Crippen LogP contribution is 2.20. The Morgan fingerprint density at radius 1 is 1.22 bits per heavy atom. The minimum absolute atomic E-state index is 0.349. The second kappa shape index (κ2) is 4.55. The van der Waals surface area contributed by atoms with Gasteiger partial charge in [0.1, 0.15) is 12.2 Å². The first kappa shape index (κ1) is 11.4. The number of aryl methyl sites for hydroxylation is 1. The summed E-state index contributed by atoms with van der Waals surface area (Å²) in [5.74, 6) is 1.01. The molecular formula is C13H19N5. The molecule has 0 atom stereocenters. The zero-order valence-electron chi connectivity index (χ0n) is 11.0. The number of hydrogen-bond donors (Lipinski definition) is 0. The summed E-state index contributed by atoms with van der Waals surface area (Å²) in [5, 5.41) is 4.28. The summed E-state index contributed by atoms with van der Waals surface area (Å²) in [6.45, 7) is 5.03. The summed E-state index contributed by atoms with van der Waals surface area (Å²) in [4.78, 5) is 8.88. The van der Waals surface area contributed by atoms with E-state index < -0.39 is 0 Å². The Labute approximate surface area is 107 Å². The minimum Gasteiger partial charge on any atom is -0.327 e. The smallest absolute Gasteiger partial charge is 0.147 e. The van der Waals surface area contributed by atoms with Crippen molar-refractivity contribution in [3.8, 4) is 0 Å². The van der Waals surface area contributed by atoms with Crippen molar-refractivity contribution in [2.24, 2.45) is 0 Å². The van der Waals surface area contributed by atoms with Crippen molar-refractivity contribution in [1.29, 1.82) is 0 Å². The number of hydrogen-bond acceptors (Lipinski definition) is 3. The average Bonchev–Trinajstić information content (AvgIpc) is 2.97. The fourth-order valence-electron chi connectivity index (χ4n) is 2.64. The Kier molecular flexibility index (Phi) is 2.89. The van der Waals surface area contributed by atoms with Gasteiger partial charge in [0.2, 0.25) is 0 Å². The van der Waals surface area contributed by atoms with E-state index in [-0.39, 0.29) is 0 Å². The fraction of sp³-hybridized carbons (Fsp3) is 0.615. The van der Waals surface area contributed by atoms with Gasteiger partial charge in [-0.3, -0.25) is 0 Å². The number of rotatable bonds is 3. The van der Waals surface area contributed by atoms with Crippen molar-refractivity contribution < 1.29 is 0 Å². The lowest BCUT2D eigenvalue weighted by Crippen LogP contribution is -2.14. The number of aromatic nitrogens is 5. The first-order valence-electron chi connectivity index (χ1n) is 6.67. The van der Waals surface area contributed by atoms with Gasteiger partial charge in [-0.15, -0.1) is 0 Å². The molecule has 2 heterocycles. The molecule has 0 aliphatic heterocycles. The van der Waals surface area contributed by atoms with Crippen molar-refractivity contribution in [2.75, 3.05) is 0 Å². The summed E-state index contributed by atoms with van der Waals surface area (Å²) in [6.07, 6.45) is 8.40. The van der Waals surface area contributed by atoms with Crippen LogP contribution in [0.1, 0.15) is 49.9 Å². The van der Waals surface area contributed by atoms with Gasteiger partial charge in [-0.05, 0) is 39.5 Å². The van der Waals surface area contributed by atoms with Gasteiger partial charge in [-0.1, -0.05) is 0 Å². The molecule has 0 saturated carbocycles. The molecule has 0 amide bonds. The van der Waals surface area contributed by atoms with Crippen LogP contribution in [0.4, 0.5) is 0 Å². The van der Waals surface area contributed by atoms with Gasteiger partial charge in [-0.25, -0.2) is 14.6 Å². The lowest BCUT2D eigenvalue weighted by Gasteiger charge is -2.15. The number of imidazole rings is 1. The molecule has 5 heteroatoms. The van der Waals surface area contributed by atoms with Gasteiger partial charge in [0.05, 0.1) is 18.6 Å². The molecule has 0 unspecified atom stereocenters. The third-order valence-electron chi connectivity index (χ3n) is 3.56. The van der Waals surface area contributed by atoms with Gasteiger partial charge in [0.15, 0.2) is 0 Å². The normalized spacial score (nSPS) is 15.1. The number of fused-ring (bicyclic) bond motifs is 1. The van der Waals surface area contributed by atoms with Crippen LogP contribution in [0.5, 0.6) is 0 Å². The molecule has 1 aliphatic rings. The molecule has 0 fully saturated rings. The molecule has 0 radical (unpaired) electrons. The van der Waals surface area contributed by atoms with Gasteiger partial charge in [0.25, 0.3) is 0 Å².